The van der Waals surface area contributed by atoms with Crippen molar-refractivity contribution in [3.63, 3.8) is 0 Å². The SMILES string of the molecule is CC1(C)CN(C2C3CC4CC2CC(O)(C4)C3)C(=O)N1. The molecular formula is C15H24N2O2. The third kappa shape index (κ3) is 1.72. The van der Waals surface area contributed by atoms with Crippen molar-refractivity contribution < 1.29 is 9.90 Å². The van der Waals surface area contributed by atoms with Gasteiger partial charge in [-0.3, -0.25) is 0 Å². The van der Waals surface area contributed by atoms with Gasteiger partial charge in [0, 0.05) is 12.6 Å². The summed E-state index contributed by atoms with van der Waals surface area (Å²) in [4.78, 5) is 14.3. The number of urea groups is 1. The summed E-state index contributed by atoms with van der Waals surface area (Å²) in [6.07, 6.45) is 5.26. The monoisotopic (exact) mass is 264 g/mol. The Morgan fingerprint density at radius 1 is 1.21 bits per heavy atom. The number of carbonyl (C=O) groups is 1. The molecule has 4 nitrogen and oxygen atoms in total. The summed E-state index contributed by atoms with van der Waals surface area (Å²) in [6, 6.07) is 0.480. The second-order valence-electron chi connectivity index (χ2n) is 8.13. The van der Waals surface area contributed by atoms with Crippen LogP contribution < -0.4 is 5.32 Å². The van der Waals surface area contributed by atoms with Gasteiger partial charge in [-0.15, -0.1) is 0 Å². The largest absolute Gasteiger partial charge is 0.390 e. The van der Waals surface area contributed by atoms with Crippen LogP contribution in [0.15, 0.2) is 0 Å². The van der Waals surface area contributed by atoms with E-state index >= 15 is 0 Å². The maximum absolute atomic E-state index is 12.2. The zero-order valence-electron chi connectivity index (χ0n) is 11.9. The van der Waals surface area contributed by atoms with Crippen LogP contribution >= 0.6 is 0 Å². The highest BCUT2D eigenvalue weighted by Crippen LogP contribution is 2.57. The van der Waals surface area contributed by atoms with Crippen LogP contribution in [0, 0.1) is 17.8 Å². The Morgan fingerprint density at radius 2 is 1.84 bits per heavy atom. The van der Waals surface area contributed by atoms with Gasteiger partial charge in [0.1, 0.15) is 0 Å². The predicted octanol–water partition coefficient (Wildman–Crippen LogP) is 1.73. The van der Waals surface area contributed by atoms with E-state index < -0.39 is 5.60 Å². The van der Waals surface area contributed by atoms with E-state index in [-0.39, 0.29) is 11.6 Å². The van der Waals surface area contributed by atoms with Gasteiger partial charge in [0.15, 0.2) is 0 Å². The molecule has 2 unspecified atom stereocenters. The number of hydrogen-bond donors (Lipinski definition) is 2. The Labute approximate surface area is 114 Å². The first kappa shape index (κ1) is 12.0. The van der Waals surface area contributed by atoms with Crippen LogP contribution in [-0.2, 0) is 0 Å². The number of nitrogens with zero attached hydrogens (tertiary/aromatic N) is 1. The summed E-state index contributed by atoms with van der Waals surface area (Å²) in [5.41, 5.74) is -0.513. The van der Waals surface area contributed by atoms with Gasteiger partial charge < -0.3 is 15.3 Å². The predicted molar refractivity (Wildman–Crippen MR) is 71.6 cm³/mol. The molecule has 2 N–H and O–H groups in total. The van der Waals surface area contributed by atoms with E-state index in [0.29, 0.717) is 23.8 Å². The molecule has 4 saturated carbocycles. The van der Waals surface area contributed by atoms with Crippen LogP contribution in [0.5, 0.6) is 0 Å². The molecule has 1 heterocycles. The van der Waals surface area contributed by atoms with Crippen molar-refractivity contribution in [3.05, 3.63) is 0 Å². The first-order chi connectivity index (χ1) is 8.85. The van der Waals surface area contributed by atoms with E-state index in [1.54, 1.807) is 0 Å². The highest BCUT2D eigenvalue weighted by molar-refractivity contribution is 5.78. The van der Waals surface area contributed by atoms with E-state index in [1.165, 1.54) is 12.8 Å². The molecule has 0 aromatic rings. The molecule has 4 aliphatic carbocycles. The summed E-state index contributed by atoms with van der Waals surface area (Å²) < 4.78 is 0. The molecule has 4 bridgehead atoms. The molecule has 5 aliphatic rings. The van der Waals surface area contributed by atoms with Crippen molar-refractivity contribution in [3.8, 4) is 0 Å². The van der Waals surface area contributed by atoms with Crippen LogP contribution in [0.1, 0.15) is 46.0 Å². The average molecular weight is 264 g/mol. The van der Waals surface area contributed by atoms with Crippen molar-refractivity contribution in [2.45, 2.75) is 63.1 Å². The highest BCUT2D eigenvalue weighted by Gasteiger charge is 2.58. The molecule has 2 amide bonds. The number of aliphatic hydroxyl groups is 1. The van der Waals surface area contributed by atoms with Crippen LogP contribution in [0.2, 0.25) is 0 Å². The fraction of sp³-hybridized carbons (Fsp3) is 0.933. The van der Waals surface area contributed by atoms with E-state index in [1.807, 2.05) is 0 Å². The minimum Gasteiger partial charge on any atom is -0.390 e. The first-order valence-electron chi connectivity index (χ1n) is 7.66. The molecule has 1 aliphatic heterocycles. The lowest BCUT2D eigenvalue weighted by Crippen LogP contribution is -2.62. The van der Waals surface area contributed by atoms with Crippen LogP contribution in [0.4, 0.5) is 4.79 Å². The molecule has 0 aromatic carbocycles. The summed E-state index contributed by atoms with van der Waals surface area (Å²) >= 11 is 0. The van der Waals surface area contributed by atoms with Crippen molar-refractivity contribution in [1.82, 2.24) is 10.2 Å². The molecule has 5 fully saturated rings. The standard InChI is InChI=1S/C15H24N2O2/c1-14(2)8-17(13(18)16-14)12-10-3-9-4-11(12)7-15(19,5-9)6-10/h9-12,19H,3-8H2,1-2H3,(H,16,18). The molecule has 19 heavy (non-hydrogen) atoms. The number of hydrogen-bond acceptors (Lipinski definition) is 2. The second-order valence-corrected chi connectivity index (χ2v) is 8.13. The lowest BCUT2D eigenvalue weighted by atomic mass is 9.52. The molecule has 106 valence electrons. The molecule has 5 rings (SSSR count). The minimum absolute atomic E-state index is 0.106. The van der Waals surface area contributed by atoms with Crippen molar-refractivity contribution in [2.75, 3.05) is 6.54 Å². The second kappa shape index (κ2) is 3.46. The molecule has 0 radical (unpaired) electrons. The summed E-state index contributed by atoms with van der Waals surface area (Å²) in [5.74, 6) is 1.75. The summed E-state index contributed by atoms with van der Waals surface area (Å²) in [6.45, 7) is 5.00. The molecule has 0 spiro atoms. The third-order valence-corrected chi connectivity index (χ3v) is 5.82. The van der Waals surface area contributed by atoms with Gasteiger partial charge in [0.25, 0.3) is 0 Å². The van der Waals surface area contributed by atoms with Gasteiger partial charge >= 0.3 is 6.03 Å². The molecular weight excluding hydrogens is 240 g/mol. The Morgan fingerprint density at radius 3 is 2.32 bits per heavy atom. The van der Waals surface area contributed by atoms with E-state index in [2.05, 4.69) is 24.1 Å². The normalized spacial score (nSPS) is 50.7. The maximum atomic E-state index is 12.2. The quantitative estimate of drug-likeness (QED) is 0.758. The van der Waals surface area contributed by atoms with Gasteiger partial charge in [-0.05, 0) is 63.7 Å². The Bertz CT molecular complexity index is 418. The fourth-order valence-electron chi connectivity index (χ4n) is 5.60. The van der Waals surface area contributed by atoms with E-state index in [4.69, 9.17) is 0 Å². The topological polar surface area (TPSA) is 52.6 Å². The highest BCUT2D eigenvalue weighted by atomic mass is 16.3. The molecule has 4 heteroatoms. The minimum atomic E-state index is -0.404. The van der Waals surface area contributed by atoms with Gasteiger partial charge in [-0.25, -0.2) is 4.79 Å². The molecule has 2 atom stereocenters. The van der Waals surface area contributed by atoms with Gasteiger partial charge in [0.05, 0.1) is 11.1 Å². The Hall–Kier alpha value is -0.770. The van der Waals surface area contributed by atoms with Gasteiger partial charge in [0.2, 0.25) is 0 Å². The van der Waals surface area contributed by atoms with Crippen molar-refractivity contribution >= 4 is 6.03 Å². The number of carbonyl (C=O) groups excluding carboxylic acids is 1. The summed E-state index contributed by atoms with van der Waals surface area (Å²) in [7, 11) is 0. The Balaban J connectivity index is 1.62. The van der Waals surface area contributed by atoms with Crippen LogP contribution in [0.3, 0.4) is 0 Å². The smallest absolute Gasteiger partial charge is 0.318 e. The average Bonchev–Trinajstić information content (AvgIpc) is 2.49. The Kier molecular flexibility index (Phi) is 2.19. The number of nitrogens with one attached hydrogen (secondary N) is 1. The third-order valence-electron chi connectivity index (χ3n) is 5.82. The van der Waals surface area contributed by atoms with Gasteiger partial charge in [-0.1, -0.05) is 0 Å². The molecule has 0 aromatic heterocycles. The van der Waals surface area contributed by atoms with Crippen molar-refractivity contribution in [2.24, 2.45) is 17.8 Å². The number of amides is 2. The van der Waals surface area contributed by atoms with Crippen LogP contribution in [0.25, 0.3) is 0 Å². The summed E-state index contributed by atoms with van der Waals surface area (Å²) in [5, 5.41) is 13.7. The number of rotatable bonds is 1. The lowest BCUT2D eigenvalue weighted by molar-refractivity contribution is -0.152. The van der Waals surface area contributed by atoms with Crippen molar-refractivity contribution in [1.29, 1.82) is 0 Å². The van der Waals surface area contributed by atoms with E-state index in [9.17, 15) is 9.90 Å². The zero-order valence-corrected chi connectivity index (χ0v) is 11.9. The fourth-order valence-corrected chi connectivity index (χ4v) is 5.60. The maximum Gasteiger partial charge on any atom is 0.318 e. The van der Waals surface area contributed by atoms with Crippen LogP contribution in [-0.4, -0.2) is 39.8 Å². The zero-order chi connectivity index (χ0) is 13.4. The lowest BCUT2D eigenvalue weighted by Gasteiger charge is -2.59. The molecule has 1 saturated heterocycles. The van der Waals surface area contributed by atoms with Gasteiger partial charge in [-0.2, -0.15) is 0 Å². The first-order valence-corrected chi connectivity index (χ1v) is 7.66. The van der Waals surface area contributed by atoms with E-state index in [0.717, 1.165) is 25.8 Å².